The SMILES string of the molecule is CCCCOC(=O)N[C@@](C)(CO)C(=O)Nc1ccc(OCCc2ccc(-c3ccc(CC)cc3)cc2)cc1. The van der Waals surface area contributed by atoms with Crippen LogP contribution in [-0.2, 0) is 22.4 Å². The molecule has 0 aliphatic heterocycles. The number of anilines is 1. The Kier molecular flexibility index (Phi) is 10.7. The third kappa shape index (κ3) is 8.35. The molecule has 3 rings (SSSR count). The Hall–Kier alpha value is -3.84. The molecule has 0 saturated carbocycles. The second kappa shape index (κ2) is 14.2. The second-order valence-corrected chi connectivity index (χ2v) is 9.43. The lowest BCUT2D eigenvalue weighted by Crippen LogP contribution is -2.57. The number of benzene rings is 3. The fraction of sp³-hybridized carbons (Fsp3) is 0.355. The summed E-state index contributed by atoms with van der Waals surface area (Å²) in [6, 6.07) is 24.1. The van der Waals surface area contributed by atoms with Gasteiger partial charge in [0.1, 0.15) is 11.3 Å². The number of nitrogens with one attached hydrogen (secondary N) is 2. The summed E-state index contributed by atoms with van der Waals surface area (Å²) >= 11 is 0. The van der Waals surface area contributed by atoms with Crippen LogP contribution in [-0.4, -0.2) is 42.5 Å². The first-order valence-corrected chi connectivity index (χ1v) is 13.1. The summed E-state index contributed by atoms with van der Waals surface area (Å²) < 4.78 is 10.9. The van der Waals surface area contributed by atoms with Gasteiger partial charge in [-0.25, -0.2) is 4.79 Å². The van der Waals surface area contributed by atoms with Crippen LogP contribution in [0.15, 0.2) is 72.8 Å². The highest BCUT2D eigenvalue weighted by molar-refractivity contribution is 5.99. The molecule has 0 saturated heterocycles. The number of carbonyl (C=O) groups is 2. The van der Waals surface area contributed by atoms with Crippen molar-refractivity contribution in [3.63, 3.8) is 0 Å². The summed E-state index contributed by atoms with van der Waals surface area (Å²) in [5, 5.41) is 14.9. The van der Waals surface area contributed by atoms with Crippen LogP contribution in [0.3, 0.4) is 0 Å². The minimum Gasteiger partial charge on any atom is -0.493 e. The van der Waals surface area contributed by atoms with Crippen molar-refractivity contribution >= 4 is 17.7 Å². The first-order valence-electron chi connectivity index (χ1n) is 13.1. The number of rotatable bonds is 13. The monoisotopic (exact) mass is 518 g/mol. The number of carbonyl (C=O) groups excluding carboxylic acids is 2. The van der Waals surface area contributed by atoms with E-state index >= 15 is 0 Å². The molecule has 2 amide bonds. The molecule has 0 aliphatic carbocycles. The Morgan fingerprint density at radius 3 is 2.00 bits per heavy atom. The van der Waals surface area contributed by atoms with Crippen molar-refractivity contribution in [3.8, 4) is 16.9 Å². The molecule has 3 aromatic carbocycles. The molecule has 0 aliphatic rings. The van der Waals surface area contributed by atoms with Crippen LogP contribution in [0.25, 0.3) is 11.1 Å². The zero-order valence-electron chi connectivity index (χ0n) is 22.5. The topological polar surface area (TPSA) is 96.9 Å². The minimum absolute atomic E-state index is 0.256. The van der Waals surface area contributed by atoms with E-state index < -0.39 is 24.1 Å². The van der Waals surface area contributed by atoms with E-state index in [4.69, 9.17) is 9.47 Å². The summed E-state index contributed by atoms with van der Waals surface area (Å²) in [7, 11) is 0. The maximum atomic E-state index is 12.7. The van der Waals surface area contributed by atoms with Crippen LogP contribution >= 0.6 is 0 Å². The Balaban J connectivity index is 1.47. The average molecular weight is 519 g/mol. The smallest absolute Gasteiger partial charge is 0.408 e. The van der Waals surface area contributed by atoms with Crippen molar-refractivity contribution in [2.75, 3.05) is 25.1 Å². The van der Waals surface area contributed by atoms with Crippen molar-refractivity contribution in [2.45, 2.75) is 52.0 Å². The molecular formula is C31H38N2O5. The van der Waals surface area contributed by atoms with Gasteiger partial charge in [0.15, 0.2) is 0 Å². The number of unbranched alkanes of at least 4 members (excludes halogenated alkanes) is 1. The highest BCUT2D eigenvalue weighted by atomic mass is 16.5. The van der Waals surface area contributed by atoms with Gasteiger partial charge in [0, 0.05) is 12.1 Å². The number of aliphatic hydroxyl groups excluding tert-OH is 1. The largest absolute Gasteiger partial charge is 0.493 e. The highest BCUT2D eigenvalue weighted by Crippen LogP contribution is 2.21. The van der Waals surface area contributed by atoms with E-state index in [1.165, 1.54) is 29.2 Å². The zero-order chi connectivity index (χ0) is 27.4. The van der Waals surface area contributed by atoms with Crippen molar-refractivity contribution in [1.29, 1.82) is 0 Å². The van der Waals surface area contributed by atoms with Gasteiger partial charge in [0.05, 0.1) is 19.8 Å². The van der Waals surface area contributed by atoms with Crippen LogP contribution in [0, 0.1) is 0 Å². The van der Waals surface area contributed by atoms with Gasteiger partial charge < -0.3 is 25.2 Å². The predicted molar refractivity (Wildman–Crippen MR) is 150 cm³/mol. The molecule has 38 heavy (non-hydrogen) atoms. The number of amides is 2. The Morgan fingerprint density at radius 2 is 1.45 bits per heavy atom. The van der Waals surface area contributed by atoms with Crippen molar-refractivity contribution in [3.05, 3.63) is 83.9 Å². The van der Waals surface area contributed by atoms with Crippen molar-refractivity contribution in [1.82, 2.24) is 5.32 Å². The number of hydrogen-bond donors (Lipinski definition) is 3. The van der Waals surface area contributed by atoms with Gasteiger partial charge in [-0.05, 0) is 66.3 Å². The molecule has 7 nitrogen and oxygen atoms in total. The lowest BCUT2D eigenvalue weighted by molar-refractivity contribution is -0.123. The second-order valence-electron chi connectivity index (χ2n) is 9.43. The van der Waals surface area contributed by atoms with Gasteiger partial charge in [-0.3, -0.25) is 4.79 Å². The third-order valence-electron chi connectivity index (χ3n) is 6.35. The van der Waals surface area contributed by atoms with Gasteiger partial charge in [0.25, 0.3) is 5.91 Å². The van der Waals surface area contributed by atoms with E-state index in [0.29, 0.717) is 18.0 Å². The molecule has 0 fully saturated rings. The molecule has 3 aromatic rings. The summed E-state index contributed by atoms with van der Waals surface area (Å²) in [6.07, 6.45) is 2.67. The number of ether oxygens (including phenoxy) is 2. The number of hydrogen-bond acceptors (Lipinski definition) is 5. The van der Waals surface area contributed by atoms with Crippen LogP contribution in [0.2, 0.25) is 0 Å². The van der Waals surface area contributed by atoms with E-state index in [2.05, 4.69) is 66.1 Å². The lowest BCUT2D eigenvalue weighted by Gasteiger charge is -2.27. The maximum absolute atomic E-state index is 12.7. The van der Waals surface area contributed by atoms with Crippen LogP contribution < -0.4 is 15.4 Å². The molecule has 0 unspecified atom stereocenters. The number of alkyl carbamates (subject to hydrolysis) is 1. The summed E-state index contributed by atoms with van der Waals surface area (Å²) in [6.45, 7) is 5.77. The van der Waals surface area contributed by atoms with E-state index in [-0.39, 0.29) is 6.61 Å². The van der Waals surface area contributed by atoms with Gasteiger partial charge in [-0.15, -0.1) is 0 Å². The highest BCUT2D eigenvalue weighted by Gasteiger charge is 2.35. The van der Waals surface area contributed by atoms with Crippen LogP contribution in [0.1, 0.15) is 44.7 Å². The van der Waals surface area contributed by atoms with E-state index in [1.54, 1.807) is 24.3 Å². The van der Waals surface area contributed by atoms with E-state index in [0.717, 1.165) is 25.7 Å². The van der Waals surface area contributed by atoms with Crippen molar-refractivity contribution in [2.24, 2.45) is 0 Å². The lowest BCUT2D eigenvalue weighted by atomic mass is 10.0. The molecule has 0 radical (unpaired) electrons. The number of aliphatic hydroxyl groups is 1. The van der Waals surface area contributed by atoms with E-state index in [9.17, 15) is 14.7 Å². The fourth-order valence-electron chi connectivity index (χ4n) is 3.73. The third-order valence-corrected chi connectivity index (χ3v) is 6.35. The summed E-state index contributed by atoms with van der Waals surface area (Å²) in [4.78, 5) is 24.7. The first-order chi connectivity index (χ1) is 18.4. The zero-order valence-corrected chi connectivity index (χ0v) is 22.5. The first kappa shape index (κ1) is 28.7. The normalized spacial score (nSPS) is 12.3. The number of aryl methyl sites for hydroxylation is 1. The molecule has 0 bridgehead atoms. The van der Waals surface area contributed by atoms with Crippen LogP contribution in [0.4, 0.5) is 10.5 Å². The fourth-order valence-corrected chi connectivity index (χ4v) is 3.73. The molecule has 202 valence electrons. The van der Waals surface area contributed by atoms with Gasteiger partial charge in [-0.2, -0.15) is 0 Å². The molecule has 1 atom stereocenters. The Bertz CT molecular complexity index is 1160. The van der Waals surface area contributed by atoms with Gasteiger partial charge >= 0.3 is 6.09 Å². The van der Waals surface area contributed by atoms with Crippen molar-refractivity contribution < 1.29 is 24.2 Å². The standard InChI is InChI=1S/C31H38N2O5/c1-4-6-20-38-30(36)33-31(3,22-34)29(35)32-27-15-17-28(18-16-27)37-21-19-24-9-13-26(14-10-24)25-11-7-23(5-2)8-12-25/h7-18,34H,4-6,19-22H2,1-3H3,(H,32,35)(H,33,36)/t31-/m0/s1. The minimum atomic E-state index is -1.52. The van der Waals surface area contributed by atoms with Crippen LogP contribution in [0.5, 0.6) is 5.75 Å². The quantitative estimate of drug-likeness (QED) is 0.250. The Morgan fingerprint density at radius 1 is 0.842 bits per heavy atom. The molecule has 7 heteroatoms. The summed E-state index contributed by atoms with van der Waals surface area (Å²) in [5.41, 5.74) is 3.92. The average Bonchev–Trinajstić information content (AvgIpc) is 2.94. The van der Waals surface area contributed by atoms with Gasteiger partial charge in [0.2, 0.25) is 0 Å². The van der Waals surface area contributed by atoms with Gasteiger partial charge in [-0.1, -0.05) is 68.8 Å². The van der Waals surface area contributed by atoms with E-state index in [1.807, 2.05) is 6.92 Å². The molecule has 0 spiro atoms. The summed E-state index contributed by atoms with van der Waals surface area (Å²) in [5.74, 6) is 0.129. The predicted octanol–water partition coefficient (Wildman–Crippen LogP) is 5.75. The Labute approximate surface area is 225 Å². The molecule has 0 heterocycles. The maximum Gasteiger partial charge on any atom is 0.408 e. The molecular weight excluding hydrogens is 480 g/mol. The molecule has 3 N–H and O–H groups in total. The molecule has 0 aromatic heterocycles.